The maximum atomic E-state index is 12.6. The lowest BCUT2D eigenvalue weighted by atomic mass is 10.1. The van der Waals surface area contributed by atoms with Crippen LogP contribution in [0.15, 0.2) is 53.6 Å². The number of amides is 1. The highest BCUT2D eigenvalue weighted by molar-refractivity contribution is 7.89. The van der Waals surface area contributed by atoms with E-state index < -0.39 is 10.0 Å². The van der Waals surface area contributed by atoms with Gasteiger partial charge in [-0.15, -0.1) is 0 Å². The molecule has 2 heterocycles. The Labute approximate surface area is 173 Å². The molecule has 0 fully saturated rings. The Bertz CT molecular complexity index is 1170. The summed E-state index contributed by atoms with van der Waals surface area (Å²) in [5.41, 5.74) is 2.64. The van der Waals surface area contributed by atoms with Crippen LogP contribution in [0.1, 0.15) is 15.9 Å². The number of H-pyrrole nitrogens is 1. The molecule has 0 spiro atoms. The van der Waals surface area contributed by atoms with Crippen LogP contribution in [0.4, 0.5) is 0 Å². The van der Waals surface area contributed by atoms with Crippen LogP contribution in [0.3, 0.4) is 0 Å². The Morgan fingerprint density at radius 2 is 1.83 bits per heavy atom. The van der Waals surface area contributed by atoms with Crippen LogP contribution in [-0.4, -0.2) is 44.3 Å². The van der Waals surface area contributed by atoms with E-state index >= 15 is 0 Å². The summed E-state index contributed by atoms with van der Waals surface area (Å²) >= 11 is 0. The lowest BCUT2D eigenvalue weighted by molar-refractivity contribution is 0.0955. The molecule has 30 heavy (non-hydrogen) atoms. The van der Waals surface area contributed by atoms with E-state index in [4.69, 9.17) is 14.6 Å². The average Bonchev–Trinajstić information content (AvgIpc) is 3.23. The van der Waals surface area contributed by atoms with E-state index in [0.717, 1.165) is 11.1 Å². The Balaban J connectivity index is 1.41. The highest BCUT2D eigenvalue weighted by Crippen LogP contribution is 2.34. The summed E-state index contributed by atoms with van der Waals surface area (Å²) in [7, 11) is -3.72. The predicted molar refractivity (Wildman–Crippen MR) is 109 cm³/mol. The third-order valence-corrected chi connectivity index (χ3v) is 5.60. The first-order valence-electron chi connectivity index (χ1n) is 9.25. The second kappa shape index (κ2) is 8.17. The second-order valence-electron chi connectivity index (χ2n) is 6.71. The SMILES string of the molecule is NS(=O)(=O)c1ccc(CCNC(=O)c2cn[nH]c2-c2ccc3c(c2)OCCO3)cc1. The molecule has 4 N–H and O–H groups in total. The van der Waals surface area contributed by atoms with Crippen LogP contribution in [0.2, 0.25) is 0 Å². The summed E-state index contributed by atoms with van der Waals surface area (Å²) in [4.78, 5) is 12.7. The maximum absolute atomic E-state index is 12.6. The maximum Gasteiger partial charge on any atom is 0.255 e. The molecular formula is C20H20N4O5S. The molecule has 1 aliphatic rings. The van der Waals surface area contributed by atoms with Crippen molar-refractivity contribution in [2.75, 3.05) is 19.8 Å². The first-order chi connectivity index (χ1) is 14.4. The Morgan fingerprint density at radius 1 is 1.10 bits per heavy atom. The van der Waals surface area contributed by atoms with Crippen molar-refractivity contribution in [1.29, 1.82) is 0 Å². The molecule has 0 saturated carbocycles. The fourth-order valence-corrected chi connectivity index (χ4v) is 3.65. The summed E-state index contributed by atoms with van der Waals surface area (Å²) in [5.74, 6) is 1.03. The lowest BCUT2D eigenvalue weighted by Gasteiger charge is -2.18. The van der Waals surface area contributed by atoms with E-state index in [-0.39, 0.29) is 10.8 Å². The zero-order chi connectivity index (χ0) is 21.1. The molecule has 2 aromatic carbocycles. The van der Waals surface area contributed by atoms with Gasteiger partial charge in [-0.2, -0.15) is 5.10 Å². The van der Waals surface area contributed by atoms with Crippen LogP contribution in [0.25, 0.3) is 11.3 Å². The molecule has 3 aromatic rings. The molecule has 0 radical (unpaired) electrons. The quantitative estimate of drug-likeness (QED) is 0.544. The Morgan fingerprint density at radius 3 is 2.57 bits per heavy atom. The number of aromatic amines is 1. The number of carbonyl (C=O) groups is 1. The summed E-state index contributed by atoms with van der Waals surface area (Å²) in [6.07, 6.45) is 2.01. The highest BCUT2D eigenvalue weighted by Gasteiger charge is 2.18. The number of benzene rings is 2. The number of aromatic nitrogens is 2. The first-order valence-corrected chi connectivity index (χ1v) is 10.8. The monoisotopic (exact) mass is 428 g/mol. The Hall–Kier alpha value is -3.37. The summed E-state index contributed by atoms with van der Waals surface area (Å²) in [5, 5.41) is 14.8. The zero-order valence-corrected chi connectivity index (χ0v) is 16.7. The molecule has 1 amide bonds. The molecule has 0 atom stereocenters. The smallest absolute Gasteiger partial charge is 0.255 e. The number of fused-ring (bicyclic) bond motifs is 1. The van der Waals surface area contributed by atoms with Gasteiger partial charge >= 0.3 is 0 Å². The van der Waals surface area contributed by atoms with Crippen molar-refractivity contribution in [2.45, 2.75) is 11.3 Å². The average molecular weight is 428 g/mol. The van der Waals surface area contributed by atoms with Crippen molar-refractivity contribution in [3.8, 4) is 22.8 Å². The van der Waals surface area contributed by atoms with Gasteiger partial charge in [-0.25, -0.2) is 13.6 Å². The van der Waals surface area contributed by atoms with Gasteiger partial charge in [-0.05, 0) is 42.3 Å². The van der Waals surface area contributed by atoms with Gasteiger partial charge in [0, 0.05) is 12.1 Å². The number of ether oxygens (including phenoxy) is 2. The van der Waals surface area contributed by atoms with E-state index in [0.29, 0.717) is 48.9 Å². The summed E-state index contributed by atoms with van der Waals surface area (Å²) < 4.78 is 33.7. The number of hydrogen-bond donors (Lipinski definition) is 3. The van der Waals surface area contributed by atoms with Crippen LogP contribution in [-0.2, 0) is 16.4 Å². The molecule has 1 aromatic heterocycles. The predicted octanol–water partition coefficient (Wildman–Crippen LogP) is 1.47. The van der Waals surface area contributed by atoms with Gasteiger partial charge in [0.25, 0.3) is 5.91 Å². The van der Waals surface area contributed by atoms with Gasteiger partial charge in [-0.3, -0.25) is 9.89 Å². The number of carbonyl (C=O) groups excluding carboxylic acids is 1. The topological polar surface area (TPSA) is 136 Å². The molecule has 0 aliphatic carbocycles. The molecule has 9 nitrogen and oxygen atoms in total. The van der Waals surface area contributed by atoms with E-state index in [9.17, 15) is 13.2 Å². The molecule has 10 heteroatoms. The van der Waals surface area contributed by atoms with Crippen LogP contribution < -0.4 is 19.9 Å². The number of nitrogens with zero attached hydrogens (tertiary/aromatic N) is 1. The van der Waals surface area contributed by atoms with E-state index in [1.165, 1.54) is 18.3 Å². The normalized spacial score (nSPS) is 13.1. The molecule has 156 valence electrons. The van der Waals surface area contributed by atoms with Crippen molar-refractivity contribution in [1.82, 2.24) is 15.5 Å². The number of primary sulfonamides is 1. The number of nitrogens with two attached hydrogens (primary N) is 1. The minimum absolute atomic E-state index is 0.0535. The minimum Gasteiger partial charge on any atom is -0.486 e. The fraction of sp³-hybridized carbons (Fsp3) is 0.200. The molecule has 0 saturated heterocycles. The van der Waals surface area contributed by atoms with Gasteiger partial charge < -0.3 is 14.8 Å². The van der Waals surface area contributed by atoms with E-state index in [1.54, 1.807) is 18.2 Å². The largest absolute Gasteiger partial charge is 0.486 e. The molecule has 4 rings (SSSR count). The van der Waals surface area contributed by atoms with Crippen LogP contribution in [0, 0.1) is 0 Å². The fourth-order valence-electron chi connectivity index (χ4n) is 3.14. The van der Waals surface area contributed by atoms with Gasteiger partial charge in [0.1, 0.15) is 13.2 Å². The zero-order valence-electron chi connectivity index (χ0n) is 15.9. The Kier molecular flexibility index (Phi) is 5.42. The van der Waals surface area contributed by atoms with Crippen molar-refractivity contribution >= 4 is 15.9 Å². The third kappa shape index (κ3) is 4.29. The minimum atomic E-state index is -3.72. The van der Waals surface area contributed by atoms with Crippen molar-refractivity contribution in [2.24, 2.45) is 5.14 Å². The number of nitrogens with one attached hydrogen (secondary N) is 2. The van der Waals surface area contributed by atoms with Crippen molar-refractivity contribution < 1.29 is 22.7 Å². The number of rotatable bonds is 6. The molecule has 0 unspecified atom stereocenters. The summed E-state index contributed by atoms with van der Waals surface area (Å²) in [6, 6.07) is 11.7. The number of hydrogen-bond acceptors (Lipinski definition) is 6. The van der Waals surface area contributed by atoms with E-state index in [2.05, 4.69) is 15.5 Å². The second-order valence-corrected chi connectivity index (χ2v) is 8.27. The first kappa shape index (κ1) is 19.9. The van der Waals surface area contributed by atoms with Gasteiger partial charge in [0.2, 0.25) is 10.0 Å². The molecule has 1 aliphatic heterocycles. The van der Waals surface area contributed by atoms with Crippen LogP contribution >= 0.6 is 0 Å². The molecule has 0 bridgehead atoms. The van der Waals surface area contributed by atoms with Gasteiger partial charge in [0.05, 0.1) is 22.3 Å². The van der Waals surface area contributed by atoms with Crippen molar-refractivity contribution in [3.05, 3.63) is 59.8 Å². The lowest BCUT2D eigenvalue weighted by Crippen LogP contribution is -2.25. The third-order valence-electron chi connectivity index (χ3n) is 4.67. The van der Waals surface area contributed by atoms with Gasteiger partial charge in [-0.1, -0.05) is 12.1 Å². The van der Waals surface area contributed by atoms with E-state index in [1.807, 2.05) is 12.1 Å². The van der Waals surface area contributed by atoms with Gasteiger partial charge in [0.15, 0.2) is 11.5 Å². The van der Waals surface area contributed by atoms with Crippen LogP contribution in [0.5, 0.6) is 11.5 Å². The highest BCUT2D eigenvalue weighted by atomic mass is 32.2. The van der Waals surface area contributed by atoms with Crippen molar-refractivity contribution in [3.63, 3.8) is 0 Å². The number of sulfonamides is 1. The molecular weight excluding hydrogens is 408 g/mol. The summed E-state index contributed by atoms with van der Waals surface area (Å²) in [6.45, 7) is 1.36. The standard InChI is InChI=1S/C20H20N4O5S/c21-30(26,27)15-4-1-13(2-5-15)7-8-22-20(25)16-12-23-24-19(16)14-3-6-17-18(11-14)29-10-9-28-17/h1-6,11-12H,7-10H2,(H,22,25)(H,23,24)(H2,21,26,27).